The first kappa shape index (κ1) is 16.5. The molecule has 5 nitrogen and oxygen atoms in total. The highest BCUT2D eigenvalue weighted by Gasteiger charge is 2.41. The Morgan fingerprint density at radius 3 is 2.57 bits per heavy atom. The highest BCUT2D eigenvalue weighted by Crippen LogP contribution is 2.37. The zero-order valence-corrected chi connectivity index (χ0v) is 13.5. The second-order valence-electron chi connectivity index (χ2n) is 6.34. The van der Waals surface area contributed by atoms with Crippen molar-refractivity contribution in [2.45, 2.75) is 62.7 Å². The summed E-state index contributed by atoms with van der Waals surface area (Å²) in [6, 6.07) is 0.00911. The van der Waals surface area contributed by atoms with E-state index in [1.165, 1.54) is 6.42 Å². The van der Waals surface area contributed by atoms with E-state index in [4.69, 9.17) is 0 Å². The van der Waals surface area contributed by atoms with Gasteiger partial charge < -0.3 is 15.7 Å². The van der Waals surface area contributed by atoms with Gasteiger partial charge >= 0.3 is 12.0 Å². The maximum atomic E-state index is 12.0. The van der Waals surface area contributed by atoms with Crippen LogP contribution in [-0.4, -0.2) is 41.2 Å². The van der Waals surface area contributed by atoms with Crippen LogP contribution in [-0.2, 0) is 4.79 Å². The maximum absolute atomic E-state index is 12.0. The van der Waals surface area contributed by atoms with Crippen molar-refractivity contribution in [3.05, 3.63) is 0 Å². The number of nitrogens with one attached hydrogen (secondary N) is 2. The Kier molecular flexibility index (Phi) is 5.79. The van der Waals surface area contributed by atoms with Gasteiger partial charge in [-0.3, -0.25) is 4.79 Å². The molecule has 0 aliphatic heterocycles. The number of amides is 2. The van der Waals surface area contributed by atoms with E-state index in [1.807, 2.05) is 11.8 Å². The Morgan fingerprint density at radius 1 is 1.24 bits per heavy atom. The third kappa shape index (κ3) is 4.28. The van der Waals surface area contributed by atoms with Crippen LogP contribution in [0.4, 0.5) is 4.79 Å². The molecular weight excluding hydrogens is 288 g/mol. The predicted octanol–water partition coefficient (Wildman–Crippen LogP) is 2.60. The minimum Gasteiger partial charge on any atom is -0.481 e. The van der Waals surface area contributed by atoms with E-state index in [0.29, 0.717) is 18.1 Å². The molecule has 0 spiro atoms. The number of carbonyl (C=O) groups is 2. The summed E-state index contributed by atoms with van der Waals surface area (Å²) in [4.78, 5) is 23.4. The Balaban J connectivity index is 1.78. The molecule has 2 rings (SSSR count). The summed E-state index contributed by atoms with van der Waals surface area (Å²) in [7, 11) is 0. The Morgan fingerprint density at radius 2 is 1.95 bits per heavy atom. The lowest BCUT2D eigenvalue weighted by Gasteiger charge is -2.29. The first-order chi connectivity index (χ1) is 10.1. The summed E-state index contributed by atoms with van der Waals surface area (Å²) >= 11 is 1.86. The van der Waals surface area contributed by atoms with Gasteiger partial charge in [0.1, 0.15) is 0 Å². The van der Waals surface area contributed by atoms with Gasteiger partial charge in [0.2, 0.25) is 0 Å². The van der Waals surface area contributed by atoms with E-state index < -0.39 is 11.4 Å². The van der Waals surface area contributed by atoms with Crippen LogP contribution >= 0.6 is 11.8 Å². The number of aliphatic carboxylic acids is 1. The van der Waals surface area contributed by atoms with E-state index in [0.717, 1.165) is 32.1 Å². The quantitative estimate of drug-likeness (QED) is 0.729. The third-order valence-corrected chi connectivity index (χ3v) is 5.99. The normalized spacial score (nSPS) is 28.0. The molecule has 2 amide bonds. The maximum Gasteiger partial charge on any atom is 0.315 e. The molecule has 3 N–H and O–H groups in total. The number of urea groups is 1. The van der Waals surface area contributed by atoms with Gasteiger partial charge in [0.15, 0.2) is 0 Å². The van der Waals surface area contributed by atoms with Crippen molar-refractivity contribution in [1.29, 1.82) is 0 Å². The fraction of sp³-hybridized carbons (Fsp3) is 0.867. The molecule has 2 unspecified atom stereocenters. The molecule has 21 heavy (non-hydrogen) atoms. The minimum absolute atomic E-state index is 0.214. The van der Waals surface area contributed by atoms with E-state index in [1.54, 1.807) is 0 Å². The van der Waals surface area contributed by atoms with Gasteiger partial charge in [0.05, 0.1) is 5.41 Å². The summed E-state index contributed by atoms with van der Waals surface area (Å²) in [6.07, 6.45) is 9.73. The van der Waals surface area contributed by atoms with Crippen molar-refractivity contribution in [3.63, 3.8) is 0 Å². The Bertz CT molecular complexity index is 383. The van der Waals surface area contributed by atoms with Crippen molar-refractivity contribution < 1.29 is 14.7 Å². The summed E-state index contributed by atoms with van der Waals surface area (Å²) in [6.45, 7) is 0.243. The van der Waals surface area contributed by atoms with Crippen LogP contribution in [0.3, 0.4) is 0 Å². The SMILES string of the molecule is CSC1CCCC(NC(=O)NCC2(C(=O)O)CCCC2)C1. The molecule has 0 bridgehead atoms. The summed E-state index contributed by atoms with van der Waals surface area (Å²) in [5.41, 5.74) is -0.744. The van der Waals surface area contributed by atoms with Crippen LogP contribution in [0.25, 0.3) is 0 Å². The zero-order chi connectivity index (χ0) is 15.3. The molecule has 0 heterocycles. The molecule has 2 aliphatic rings. The van der Waals surface area contributed by atoms with Gasteiger partial charge in [-0.2, -0.15) is 11.8 Å². The molecular formula is C15H26N2O3S. The van der Waals surface area contributed by atoms with Crippen LogP contribution in [0.5, 0.6) is 0 Å². The molecule has 2 fully saturated rings. The smallest absolute Gasteiger partial charge is 0.315 e. The van der Waals surface area contributed by atoms with Crippen molar-refractivity contribution in [1.82, 2.24) is 10.6 Å². The molecule has 120 valence electrons. The second-order valence-corrected chi connectivity index (χ2v) is 7.48. The van der Waals surface area contributed by atoms with Crippen LogP contribution < -0.4 is 10.6 Å². The number of hydrogen-bond acceptors (Lipinski definition) is 3. The van der Waals surface area contributed by atoms with Crippen molar-refractivity contribution in [2.24, 2.45) is 5.41 Å². The number of hydrogen-bond donors (Lipinski definition) is 3. The predicted molar refractivity (Wildman–Crippen MR) is 84.6 cm³/mol. The lowest BCUT2D eigenvalue weighted by atomic mass is 9.86. The molecule has 0 saturated heterocycles. The largest absolute Gasteiger partial charge is 0.481 e. The van der Waals surface area contributed by atoms with Crippen molar-refractivity contribution >= 4 is 23.8 Å². The lowest BCUT2D eigenvalue weighted by molar-refractivity contribution is -0.148. The number of carbonyl (C=O) groups excluding carboxylic acids is 1. The zero-order valence-electron chi connectivity index (χ0n) is 12.7. The van der Waals surface area contributed by atoms with Crippen LogP contribution in [0, 0.1) is 5.41 Å². The molecule has 2 atom stereocenters. The summed E-state index contributed by atoms with van der Waals surface area (Å²) in [5.74, 6) is -0.777. The Labute approximate surface area is 130 Å². The fourth-order valence-corrected chi connectivity index (χ4v) is 4.32. The van der Waals surface area contributed by atoms with Gasteiger partial charge in [-0.05, 0) is 38.4 Å². The van der Waals surface area contributed by atoms with Crippen molar-refractivity contribution in [2.75, 3.05) is 12.8 Å². The van der Waals surface area contributed by atoms with Gasteiger partial charge in [-0.25, -0.2) is 4.79 Å². The average Bonchev–Trinajstić information content (AvgIpc) is 2.95. The number of rotatable bonds is 5. The highest BCUT2D eigenvalue weighted by atomic mass is 32.2. The third-order valence-electron chi connectivity index (χ3n) is 4.90. The summed E-state index contributed by atoms with van der Waals surface area (Å²) < 4.78 is 0. The van der Waals surface area contributed by atoms with E-state index in [-0.39, 0.29) is 18.6 Å². The van der Waals surface area contributed by atoms with Crippen molar-refractivity contribution in [3.8, 4) is 0 Å². The molecule has 0 aromatic carbocycles. The molecule has 2 aliphatic carbocycles. The summed E-state index contributed by atoms with van der Waals surface area (Å²) in [5, 5.41) is 15.8. The van der Waals surface area contributed by atoms with Gasteiger partial charge in [-0.1, -0.05) is 19.3 Å². The molecule has 0 aromatic rings. The number of carboxylic acids is 1. The van der Waals surface area contributed by atoms with Gasteiger partial charge in [-0.15, -0.1) is 0 Å². The number of carboxylic acid groups (broad SMARTS) is 1. The molecule has 0 radical (unpaired) electrons. The van der Waals surface area contributed by atoms with Crippen LogP contribution in [0.2, 0.25) is 0 Å². The highest BCUT2D eigenvalue weighted by molar-refractivity contribution is 7.99. The molecule has 0 aromatic heterocycles. The van der Waals surface area contributed by atoms with E-state index >= 15 is 0 Å². The van der Waals surface area contributed by atoms with E-state index in [9.17, 15) is 14.7 Å². The topological polar surface area (TPSA) is 78.4 Å². The van der Waals surface area contributed by atoms with Crippen LogP contribution in [0.15, 0.2) is 0 Å². The first-order valence-corrected chi connectivity index (χ1v) is 9.15. The molecule has 2 saturated carbocycles. The monoisotopic (exact) mass is 314 g/mol. The fourth-order valence-electron chi connectivity index (χ4n) is 3.49. The van der Waals surface area contributed by atoms with E-state index in [2.05, 4.69) is 16.9 Å². The van der Waals surface area contributed by atoms with Gasteiger partial charge in [0, 0.05) is 17.8 Å². The first-order valence-electron chi connectivity index (χ1n) is 7.86. The number of thioether (sulfide) groups is 1. The average molecular weight is 314 g/mol. The molecule has 6 heteroatoms. The van der Waals surface area contributed by atoms with Crippen LogP contribution in [0.1, 0.15) is 51.4 Å². The lowest BCUT2D eigenvalue weighted by Crippen LogP contribution is -2.48. The minimum atomic E-state index is -0.777. The van der Waals surface area contributed by atoms with Gasteiger partial charge in [0.25, 0.3) is 0 Å². The standard InChI is InChI=1S/C15H26N2O3S/c1-21-12-6-4-5-11(9-12)17-14(20)16-10-15(13(18)19)7-2-3-8-15/h11-12H,2-10H2,1H3,(H,18,19)(H2,16,17,20). The second kappa shape index (κ2) is 7.38. The Hall–Kier alpha value is -0.910.